The Morgan fingerprint density at radius 3 is 2.62 bits per heavy atom. The standard InChI is InChI=1S/C14H19N3O4/c1-3-8(14(20)21)6-15-12(18)10-7(2)16-11(9-4-5-9)17-13(10)19/h8-9H,3-6H2,1-2H3,(H,15,18)(H,20,21)(H,16,17,19). The lowest BCUT2D eigenvalue weighted by Gasteiger charge is -2.12. The maximum atomic E-state index is 12.1. The van der Waals surface area contributed by atoms with Gasteiger partial charge in [-0.25, -0.2) is 4.98 Å². The average Bonchev–Trinajstić information content (AvgIpc) is 3.22. The van der Waals surface area contributed by atoms with Gasteiger partial charge in [-0.3, -0.25) is 14.4 Å². The summed E-state index contributed by atoms with van der Waals surface area (Å²) in [5.74, 6) is -1.28. The SMILES string of the molecule is CCC(CNC(=O)c1c(C)nc(C2CC2)[nH]c1=O)C(=O)O. The van der Waals surface area contributed by atoms with Crippen molar-refractivity contribution in [1.29, 1.82) is 0 Å². The minimum absolute atomic E-state index is 0.00603. The zero-order valence-electron chi connectivity index (χ0n) is 12.1. The lowest BCUT2D eigenvalue weighted by atomic mass is 10.1. The number of amides is 1. The summed E-state index contributed by atoms with van der Waals surface area (Å²) in [5.41, 5.74) is -0.133. The molecule has 0 bridgehead atoms. The first-order chi connectivity index (χ1) is 9.93. The van der Waals surface area contributed by atoms with E-state index in [0.717, 1.165) is 12.8 Å². The highest BCUT2D eigenvalue weighted by Crippen LogP contribution is 2.37. The number of carboxylic acids is 1. The summed E-state index contributed by atoms with van der Waals surface area (Å²) < 4.78 is 0. The van der Waals surface area contributed by atoms with Crippen molar-refractivity contribution >= 4 is 11.9 Å². The van der Waals surface area contributed by atoms with E-state index in [1.54, 1.807) is 13.8 Å². The van der Waals surface area contributed by atoms with Crippen molar-refractivity contribution in [3.8, 4) is 0 Å². The van der Waals surface area contributed by atoms with Crippen molar-refractivity contribution < 1.29 is 14.7 Å². The molecule has 1 aliphatic carbocycles. The number of hydrogen-bond acceptors (Lipinski definition) is 4. The number of aromatic nitrogens is 2. The minimum atomic E-state index is -0.967. The van der Waals surface area contributed by atoms with Crippen LogP contribution in [0.2, 0.25) is 0 Å². The van der Waals surface area contributed by atoms with Crippen LogP contribution in [0.25, 0.3) is 0 Å². The molecule has 1 fully saturated rings. The van der Waals surface area contributed by atoms with Crippen LogP contribution in [0.1, 0.15) is 54.0 Å². The molecule has 1 aliphatic rings. The molecule has 1 saturated carbocycles. The summed E-state index contributed by atoms with van der Waals surface area (Å²) >= 11 is 0. The maximum Gasteiger partial charge on any atom is 0.308 e. The van der Waals surface area contributed by atoms with Gasteiger partial charge in [0.05, 0.1) is 11.6 Å². The molecule has 21 heavy (non-hydrogen) atoms. The molecule has 1 atom stereocenters. The van der Waals surface area contributed by atoms with E-state index in [-0.39, 0.29) is 12.1 Å². The molecule has 0 aliphatic heterocycles. The Morgan fingerprint density at radius 1 is 1.48 bits per heavy atom. The molecule has 1 aromatic rings. The molecule has 1 amide bonds. The molecular weight excluding hydrogens is 274 g/mol. The van der Waals surface area contributed by atoms with E-state index in [0.29, 0.717) is 23.9 Å². The summed E-state index contributed by atoms with van der Waals surface area (Å²) in [5, 5.41) is 11.4. The third kappa shape index (κ3) is 3.48. The highest BCUT2D eigenvalue weighted by molar-refractivity contribution is 5.95. The number of H-pyrrole nitrogens is 1. The van der Waals surface area contributed by atoms with E-state index in [2.05, 4.69) is 15.3 Å². The summed E-state index contributed by atoms with van der Waals surface area (Å²) in [6.45, 7) is 3.34. The third-order valence-corrected chi connectivity index (χ3v) is 3.66. The van der Waals surface area contributed by atoms with Crippen molar-refractivity contribution in [3.63, 3.8) is 0 Å². The van der Waals surface area contributed by atoms with Crippen molar-refractivity contribution in [1.82, 2.24) is 15.3 Å². The number of nitrogens with one attached hydrogen (secondary N) is 2. The smallest absolute Gasteiger partial charge is 0.308 e. The normalized spacial score (nSPS) is 15.5. The highest BCUT2D eigenvalue weighted by atomic mass is 16.4. The van der Waals surface area contributed by atoms with Crippen LogP contribution in [0.5, 0.6) is 0 Å². The molecule has 114 valence electrons. The molecular formula is C14H19N3O4. The largest absolute Gasteiger partial charge is 0.481 e. The molecule has 0 radical (unpaired) electrons. The molecule has 0 aromatic carbocycles. The maximum absolute atomic E-state index is 12.1. The fourth-order valence-electron chi connectivity index (χ4n) is 2.14. The molecule has 0 spiro atoms. The number of aliphatic carboxylic acids is 1. The van der Waals surface area contributed by atoms with Gasteiger partial charge in [-0.1, -0.05) is 6.92 Å². The number of rotatable bonds is 6. The first-order valence-electron chi connectivity index (χ1n) is 7.05. The van der Waals surface area contributed by atoms with E-state index >= 15 is 0 Å². The molecule has 2 rings (SSSR count). The fourth-order valence-corrected chi connectivity index (χ4v) is 2.14. The van der Waals surface area contributed by atoms with Crippen LogP contribution in [0.4, 0.5) is 0 Å². The van der Waals surface area contributed by atoms with Crippen LogP contribution in [0.15, 0.2) is 4.79 Å². The van der Waals surface area contributed by atoms with Crippen molar-refractivity contribution in [2.45, 2.75) is 39.0 Å². The Kier molecular flexibility index (Phi) is 4.40. The lowest BCUT2D eigenvalue weighted by Crippen LogP contribution is -2.36. The topological polar surface area (TPSA) is 112 Å². The number of carbonyl (C=O) groups excluding carboxylic acids is 1. The quantitative estimate of drug-likeness (QED) is 0.718. The van der Waals surface area contributed by atoms with Crippen LogP contribution >= 0.6 is 0 Å². The van der Waals surface area contributed by atoms with Gasteiger partial charge in [0, 0.05) is 12.5 Å². The zero-order chi connectivity index (χ0) is 15.6. The number of aromatic amines is 1. The Hall–Kier alpha value is -2.18. The summed E-state index contributed by atoms with van der Waals surface area (Å²) in [6.07, 6.45) is 2.42. The van der Waals surface area contributed by atoms with Crippen molar-refractivity contribution in [2.24, 2.45) is 5.92 Å². The number of carboxylic acid groups (broad SMARTS) is 1. The first-order valence-corrected chi connectivity index (χ1v) is 7.05. The second-order valence-electron chi connectivity index (χ2n) is 5.34. The van der Waals surface area contributed by atoms with E-state index in [1.165, 1.54) is 0 Å². The number of hydrogen-bond donors (Lipinski definition) is 3. The van der Waals surface area contributed by atoms with Crippen molar-refractivity contribution in [3.05, 3.63) is 27.4 Å². The highest BCUT2D eigenvalue weighted by Gasteiger charge is 2.28. The number of nitrogens with zero attached hydrogens (tertiary/aromatic N) is 1. The van der Waals surface area contributed by atoms with Gasteiger partial charge in [0.15, 0.2) is 0 Å². The minimum Gasteiger partial charge on any atom is -0.481 e. The van der Waals surface area contributed by atoms with Crippen molar-refractivity contribution in [2.75, 3.05) is 6.54 Å². The van der Waals surface area contributed by atoms with Gasteiger partial charge in [0.25, 0.3) is 11.5 Å². The summed E-state index contributed by atoms with van der Waals surface area (Å²) in [4.78, 5) is 41.9. The van der Waals surface area contributed by atoms with Gasteiger partial charge in [-0.2, -0.15) is 0 Å². The monoisotopic (exact) mass is 293 g/mol. The molecule has 0 saturated heterocycles. The Labute approximate surface area is 121 Å². The van der Waals surface area contributed by atoms with Crippen LogP contribution in [-0.2, 0) is 4.79 Å². The van der Waals surface area contributed by atoms with Crippen LogP contribution < -0.4 is 10.9 Å². The average molecular weight is 293 g/mol. The molecule has 1 heterocycles. The second-order valence-corrected chi connectivity index (χ2v) is 5.34. The molecule has 1 aromatic heterocycles. The van der Waals surface area contributed by atoms with Gasteiger partial charge < -0.3 is 15.4 Å². The Balaban J connectivity index is 2.12. The summed E-state index contributed by atoms with van der Waals surface area (Å²) in [7, 11) is 0. The van der Waals surface area contributed by atoms with Gasteiger partial charge in [0.2, 0.25) is 0 Å². The number of carbonyl (C=O) groups is 2. The van der Waals surface area contributed by atoms with Crippen LogP contribution in [-0.4, -0.2) is 33.5 Å². The predicted molar refractivity (Wildman–Crippen MR) is 75.3 cm³/mol. The molecule has 7 nitrogen and oxygen atoms in total. The lowest BCUT2D eigenvalue weighted by molar-refractivity contribution is -0.141. The molecule has 3 N–H and O–H groups in total. The first kappa shape index (κ1) is 15.2. The van der Waals surface area contributed by atoms with Crippen LogP contribution in [0, 0.1) is 12.8 Å². The van der Waals surface area contributed by atoms with E-state index in [9.17, 15) is 14.4 Å². The van der Waals surface area contributed by atoms with Gasteiger partial charge in [-0.05, 0) is 26.2 Å². The fraction of sp³-hybridized carbons (Fsp3) is 0.571. The molecule has 1 unspecified atom stereocenters. The van der Waals surface area contributed by atoms with Gasteiger partial charge in [0.1, 0.15) is 11.4 Å². The predicted octanol–water partition coefficient (Wildman–Crippen LogP) is 0.796. The van der Waals surface area contributed by atoms with Gasteiger partial charge >= 0.3 is 5.97 Å². The number of aryl methyl sites for hydroxylation is 1. The van der Waals surface area contributed by atoms with Crippen LogP contribution in [0.3, 0.4) is 0 Å². The summed E-state index contributed by atoms with van der Waals surface area (Å²) in [6, 6.07) is 0. The molecule has 7 heteroatoms. The Bertz CT molecular complexity index is 619. The van der Waals surface area contributed by atoms with E-state index < -0.39 is 23.4 Å². The second kappa shape index (κ2) is 6.07. The zero-order valence-corrected chi connectivity index (χ0v) is 12.1. The van der Waals surface area contributed by atoms with Gasteiger partial charge in [-0.15, -0.1) is 0 Å². The third-order valence-electron chi connectivity index (χ3n) is 3.66. The van der Waals surface area contributed by atoms with E-state index in [4.69, 9.17) is 5.11 Å². The van der Waals surface area contributed by atoms with E-state index in [1.807, 2.05) is 0 Å². The Morgan fingerprint density at radius 2 is 2.14 bits per heavy atom.